The predicted octanol–water partition coefficient (Wildman–Crippen LogP) is 4.17. The zero-order valence-electron chi connectivity index (χ0n) is 19.0. The van der Waals surface area contributed by atoms with Crippen molar-refractivity contribution in [1.29, 1.82) is 0 Å². The Morgan fingerprint density at radius 3 is 2.66 bits per heavy atom. The molecule has 4 aliphatic rings. The molecule has 2 saturated heterocycles. The van der Waals surface area contributed by atoms with Crippen LogP contribution in [0.15, 0.2) is 40.4 Å². The first-order chi connectivity index (χ1) is 16.9. The van der Waals surface area contributed by atoms with E-state index >= 15 is 0 Å². The summed E-state index contributed by atoms with van der Waals surface area (Å²) in [5, 5.41) is 5.14. The van der Waals surface area contributed by atoms with E-state index in [-0.39, 0.29) is 5.41 Å². The van der Waals surface area contributed by atoms with Crippen LogP contribution in [0.3, 0.4) is 0 Å². The minimum atomic E-state index is -2.92. The molecule has 0 bridgehead atoms. The molecule has 2 aromatic rings. The molecular formula is C24H25ClF3N7. The van der Waals surface area contributed by atoms with Crippen LogP contribution in [0.5, 0.6) is 0 Å². The quantitative estimate of drug-likeness (QED) is 0.377. The molecule has 0 atom stereocenters. The van der Waals surface area contributed by atoms with Gasteiger partial charge in [0.2, 0.25) is 0 Å². The largest absolute Gasteiger partial charge is 0.360 e. The summed E-state index contributed by atoms with van der Waals surface area (Å²) in [6, 6.07) is 8.89. The number of hydrazone groups is 1. The zero-order chi connectivity index (χ0) is 24.2. The maximum atomic E-state index is 13.5. The fourth-order valence-corrected chi connectivity index (χ4v) is 5.37. The number of rotatable bonds is 5. The van der Waals surface area contributed by atoms with Gasteiger partial charge in [-0.2, -0.15) is 5.10 Å². The van der Waals surface area contributed by atoms with Crippen molar-refractivity contribution in [2.24, 2.45) is 15.5 Å². The second kappa shape index (κ2) is 8.67. The Bertz CT molecular complexity index is 1190. The molecule has 1 saturated carbocycles. The lowest BCUT2D eigenvalue weighted by Crippen LogP contribution is -2.72. The van der Waals surface area contributed by atoms with Crippen LogP contribution in [0.4, 0.5) is 24.7 Å². The molecular weight excluding hydrogens is 479 g/mol. The van der Waals surface area contributed by atoms with E-state index in [1.54, 1.807) is 6.34 Å². The number of halogens is 4. The molecule has 3 aliphatic heterocycles. The molecule has 184 valence electrons. The highest BCUT2D eigenvalue weighted by molar-refractivity contribution is 6.30. The average Bonchev–Trinajstić information content (AvgIpc) is 3.61. The lowest BCUT2D eigenvalue weighted by atomic mass is 9.73. The van der Waals surface area contributed by atoms with E-state index in [9.17, 15) is 13.2 Å². The van der Waals surface area contributed by atoms with Crippen LogP contribution < -0.4 is 10.3 Å². The molecule has 7 nitrogen and oxygen atoms in total. The molecule has 4 heterocycles. The fraction of sp³-hybridized carbons (Fsp3) is 0.458. The third-order valence-electron chi connectivity index (χ3n) is 7.02. The zero-order valence-corrected chi connectivity index (χ0v) is 19.7. The van der Waals surface area contributed by atoms with Crippen LogP contribution in [0.1, 0.15) is 30.5 Å². The fourth-order valence-electron chi connectivity index (χ4n) is 5.18. The Labute approximate surface area is 206 Å². The molecule has 1 aromatic carbocycles. The maximum Gasteiger partial charge on any atom is 0.283 e. The Morgan fingerprint density at radius 2 is 1.91 bits per heavy atom. The first-order valence-electron chi connectivity index (χ1n) is 11.7. The monoisotopic (exact) mass is 503 g/mol. The van der Waals surface area contributed by atoms with Crippen LogP contribution >= 0.6 is 11.6 Å². The van der Waals surface area contributed by atoms with Crippen LogP contribution in [-0.2, 0) is 6.54 Å². The molecule has 0 radical (unpaired) electrons. The van der Waals surface area contributed by atoms with E-state index in [0.717, 1.165) is 47.8 Å². The van der Waals surface area contributed by atoms with E-state index in [1.807, 2.05) is 23.1 Å². The molecule has 35 heavy (non-hydrogen) atoms. The number of nitrogens with one attached hydrogen (secondary N) is 1. The summed E-state index contributed by atoms with van der Waals surface area (Å²) in [7, 11) is 0. The van der Waals surface area contributed by atoms with E-state index in [4.69, 9.17) is 16.6 Å². The number of anilines is 1. The van der Waals surface area contributed by atoms with E-state index in [0.29, 0.717) is 31.5 Å². The topological polar surface area (TPSA) is 59.4 Å². The summed E-state index contributed by atoms with van der Waals surface area (Å²) < 4.78 is 39.4. The van der Waals surface area contributed by atoms with Gasteiger partial charge in [-0.05, 0) is 48.7 Å². The highest BCUT2D eigenvalue weighted by Gasteiger charge is 2.51. The van der Waals surface area contributed by atoms with E-state index < -0.39 is 17.9 Å². The van der Waals surface area contributed by atoms with Gasteiger partial charge < -0.3 is 9.80 Å². The van der Waals surface area contributed by atoms with Crippen molar-refractivity contribution in [1.82, 2.24) is 20.2 Å². The van der Waals surface area contributed by atoms with Gasteiger partial charge in [0.05, 0.1) is 12.2 Å². The number of hydrogen-bond donors (Lipinski definition) is 1. The Morgan fingerprint density at radius 1 is 1.11 bits per heavy atom. The molecule has 3 fully saturated rings. The van der Waals surface area contributed by atoms with Gasteiger partial charge in [-0.25, -0.2) is 23.1 Å². The normalized spacial score (nSPS) is 21.6. The van der Waals surface area contributed by atoms with Crippen LogP contribution in [-0.4, -0.2) is 65.7 Å². The van der Waals surface area contributed by atoms with Crippen molar-refractivity contribution >= 4 is 35.3 Å². The van der Waals surface area contributed by atoms with Crippen molar-refractivity contribution in [2.45, 2.75) is 31.9 Å². The molecule has 1 aromatic heterocycles. The third-order valence-corrected chi connectivity index (χ3v) is 7.25. The number of nitrogens with zero attached hydrogens (tertiary/aromatic N) is 6. The highest BCUT2D eigenvalue weighted by atomic mass is 35.5. The van der Waals surface area contributed by atoms with Gasteiger partial charge in [-0.15, -0.1) is 0 Å². The number of fused-ring (bicyclic) bond motifs is 1. The van der Waals surface area contributed by atoms with Crippen molar-refractivity contribution in [3.8, 4) is 0 Å². The standard InChI is InChI=1S/C24H25ClF3N7/c25-16-1-5-19-15(7-16)8-34(17-2-3-17)9-20(30-19)32-29-14-33-10-24(11-33)12-35(13-24)21-6-4-18(26)22(31-21)23(27)28/h1,4-7,14,17,23H,2-3,8-13H2,(H,30,32)/b29-14+. The SMILES string of the molecule is Fc1ccc(N2CC3(CN(/C=N/NC4=Nc5ccc(Cl)cc5CN(C5CC5)C4)C3)C2)nc1C(F)F. The number of pyridine rings is 1. The van der Waals surface area contributed by atoms with Crippen LogP contribution in [0.2, 0.25) is 5.02 Å². The summed E-state index contributed by atoms with van der Waals surface area (Å²) in [5.74, 6) is 0.231. The first kappa shape index (κ1) is 22.6. The predicted molar refractivity (Wildman–Crippen MR) is 129 cm³/mol. The molecule has 6 rings (SSSR count). The summed E-state index contributed by atoms with van der Waals surface area (Å²) in [6.07, 6.45) is 1.28. The molecule has 1 spiro atoms. The van der Waals surface area contributed by atoms with Crippen LogP contribution in [0.25, 0.3) is 0 Å². The van der Waals surface area contributed by atoms with Gasteiger partial charge >= 0.3 is 0 Å². The number of aromatic nitrogens is 1. The summed E-state index contributed by atoms with van der Waals surface area (Å²) in [4.78, 5) is 15.0. The van der Waals surface area contributed by atoms with Gasteiger partial charge in [0.15, 0.2) is 5.82 Å². The first-order valence-corrected chi connectivity index (χ1v) is 12.1. The molecule has 0 unspecified atom stereocenters. The number of amidine groups is 1. The van der Waals surface area contributed by atoms with Crippen molar-refractivity contribution < 1.29 is 13.2 Å². The average molecular weight is 504 g/mol. The van der Waals surface area contributed by atoms with Crippen LogP contribution in [0, 0.1) is 11.2 Å². The smallest absolute Gasteiger partial charge is 0.283 e. The summed E-state index contributed by atoms with van der Waals surface area (Å²) in [6.45, 7) is 4.58. The number of alkyl halides is 2. The van der Waals surface area contributed by atoms with E-state index in [2.05, 4.69) is 25.3 Å². The van der Waals surface area contributed by atoms with Gasteiger partial charge in [-0.1, -0.05) is 11.6 Å². The van der Waals surface area contributed by atoms with Gasteiger partial charge in [0.1, 0.15) is 23.7 Å². The number of benzene rings is 1. The third kappa shape index (κ3) is 4.56. The maximum absolute atomic E-state index is 13.5. The van der Waals surface area contributed by atoms with Gasteiger partial charge in [-0.3, -0.25) is 10.3 Å². The lowest BCUT2D eigenvalue weighted by Gasteiger charge is -2.60. The van der Waals surface area contributed by atoms with Gasteiger partial charge in [0.25, 0.3) is 6.43 Å². The Balaban J connectivity index is 1.04. The minimum absolute atomic E-state index is 0.0912. The van der Waals surface area contributed by atoms with Gasteiger partial charge in [0, 0.05) is 49.2 Å². The number of aliphatic imine (C=N–C) groups is 1. The Kier molecular flexibility index (Phi) is 5.60. The second-order valence-corrected chi connectivity index (χ2v) is 10.4. The van der Waals surface area contributed by atoms with Crippen molar-refractivity contribution in [2.75, 3.05) is 37.6 Å². The van der Waals surface area contributed by atoms with E-state index in [1.165, 1.54) is 18.9 Å². The molecule has 0 amide bonds. The second-order valence-electron chi connectivity index (χ2n) is 9.92. The van der Waals surface area contributed by atoms with Crippen molar-refractivity contribution in [3.63, 3.8) is 0 Å². The Hall–Kier alpha value is -2.85. The summed E-state index contributed by atoms with van der Waals surface area (Å²) in [5.41, 5.74) is 4.47. The summed E-state index contributed by atoms with van der Waals surface area (Å²) >= 11 is 6.20. The van der Waals surface area contributed by atoms with Crippen molar-refractivity contribution in [3.05, 3.63) is 52.4 Å². The minimum Gasteiger partial charge on any atom is -0.360 e. The number of hydrogen-bond acceptors (Lipinski definition) is 6. The molecule has 11 heteroatoms. The lowest BCUT2D eigenvalue weighted by molar-refractivity contribution is 0.0322. The highest BCUT2D eigenvalue weighted by Crippen LogP contribution is 2.41. The molecule has 1 N–H and O–H groups in total. The molecule has 1 aliphatic carbocycles. The number of likely N-dealkylation sites (tertiary alicyclic amines) is 1.